The molecule has 6 nitrogen and oxygen atoms in total. The fourth-order valence-corrected chi connectivity index (χ4v) is 1.30. The summed E-state index contributed by atoms with van der Waals surface area (Å²) in [5, 5.41) is 20.0. The maximum atomic E-state index is 11.3. The van der Waals surface area contributed by atoms with Gasteiger partial charge in [0.05, 0.1) is 4.92 Å². The van der Waals surface area contributed by atoms with E-state index in [2.05, 4.69) is 11.3 Å². The van der Waals surface area contributed by atoms with E-state index in [1.807, 2.05) is 0 Å². The van der Waals surface area contributed by atoms with Crippen molar-refractivity contribution in [2.75, 3.05) is 6.61 Å². The van der Waals surface area contributed by atoms with Gasteiger partial charge in [-0.3, -0.25) is 10.1 Å². The zero-order chi connectivity index (χ0) is 13.5. The van der Waals surface area contributed by atoms with E-state index in [0.29, 0.717) is 5.56 Å². The molecule has 18 heavy (non-hydrogen) atoms. The van der Waals surface area contributed by atoms with E-state index in [0.717, 1.165) is 0 Å². The van der Waals surface area contributed by atoms with E-state index in [4.69, 9.17) is 0 Å². The first kappa shape index (κ1) is 13.9. The number of rotatable bonds is 6. The lowest BCUT2D eigenvalue weighted by atomic mass is 10.1. The first-order chi connectivity index (χ1) is 8.54. The Morgan fingerprint density at radius 1 is 1.50 bits per heavy atom. The minimum Gasteiger partial charge on any atom is -0.460 e. The number of nitro benzene ring substituents is 1. The highest BCUT2D eigenvalue weighted by Gasteiger charge is 2.17. The van der Waals surface area contributed by atoms with Crippen LogP contribution < -0.4 is 0 Å². The number of ether oxygens (including phenoxy) is 1. The van der Waals surface area contributed by atoms with Crippen LogP contribution in [0.25, 0.3) is 0 Å². The number of carbonyl (C=O) groups excluding carboxylic acids is 1. The molecular weight excluding hydrogens is 238 g/mol. The predicted molar refractivity (Wildman–Crippen MR) is 64.0 cm³/mol. The molecular formula is C12H13NO5. The molecule has 1 rings (SSSR count). The topological polar surface area (TPSA) is 89.7 Å². The summed E-state index contributed by atoms with van der Waals surface area (Å²) >= 11 is 0. The van der Waals surface area contributed by atoms with Gasteiger partial charge in [-0.25, -0.2) is 4.79 Å². The van der Waals surface area contributed by atoms with Gasteiger partial charge in [0, 0.05) is 18.6 Å². The van der Waals surface area contributed by atoms with Gasteiger partial charge in [0.1, 0.15) is 6.61 Å². The second-order valence-corrected chi connectivity index (χ2v) is 3.56. The van der Waals surface area contributed by atoms with Gasteiger partial charge in [0.15, 0.2) is 6.10 Å². The summed E-state index contributed by atoms with van der Waals surface area (Å²) in [7, 11) is 0. The van der Waals surface area contributed by atoms with Gasteiger partial charge in [0.2, 0.25) is 0 Å². The highest BCUT2D eigenvalue weighted by molar-refractivity contribution is 5.74. The largest absolute Gasteiger partial charge is 0.460 e. The lowest BCUT2D eigenvalue weighted by Crippen LogP contribution is -2.25. The minimum atomic E-state index is -1.29. The number of benzene rings is 1. The molecule has 1 N–H and O–H groups in total. The van der Waals surface area contributed by atoms with Crippen LogP contribution in [0.1, 0.15) is 5.56 Å². The lowest BCUT2D eigenvalue weighted by Gasteiger charge is -2.09. The fourth-order valence-electron chi connectivity index (χ4n) is 1.30. The van der Waals surface area contributed by atoms with E-state index >= 15 is 0 Å². The second-order valence-electron chi connectivity index (χ2n) is 3.56. The van der Waals surface area contributed by atoms with Crippen LogP contribution in [0.3, 0.4) is 0 Å². The van der Waals surface area contributed by atoms with Crippen LogP contribution in [0.2, 0.25) is 0 Å². The van der Waals surface area contributed by atoms with Crippen molar-refractivity contribution in [2.45, 2.75) is 12.5 Å². The van der Waals surface area contributed by atoms with Crippen molar-refractivity contribution in [3.05, 3.63) is 52.6 Å². The molecule has 0 fully saturated rings. The van der Waals surface area contributed by atoms with Crippen molar-refractivity contribution in [1.82, 2.24) is 0 Å². The Kier molecular flexibility index (Phi) is 5.01. The van der Waals surface area contributed by atoms with Crippen LogP contribution >= 0.6 is 0 Å². The molecule has 1 atom stereocenters. The van der Waals surface area contributed by atoms with Crippen LogP contribution in [0.4, 0.5) is 5.69 Å². The Hall–Kier alpha value is -2.21. The molecule has 96 valence electrons. The van der Waals surface area contributed by atoms with E-state index in [1.54, 1.807) is 0 Å². The third-order valence-electron chi connectivity index (χ3n) is 2.19. The third-order valence-corrected chi connectivity index (χ3v) is 2.19. The molecule has 0 bridgehead atoms. The van der Waals surface area contributed by atoms with Gasteiger partial charge < -0.3 is 9.84 Å². The maximum Gasteiger partial charge on any atom is 0.335 e. The number of nitro groups is 1. The second kappa shape index (κ2) is 6.51. The maximum absolute atomic E-state index is 11.3. The van der Waals surface area contributed by atoms with Crippen LogP contribution in [-0.2, 0) is 16.0 Å². The fraction of sp³-hybridized carbons (Fsp3) is 0.250. The number of carbonyl (C=O) groups is 1. The van der Waals surface area contributed by atoms with E-state index < -0.39 is 17.0 Å². The summed E-state index contributed by atoms with van der Waals surface area (Å²) < 4.78 is 4.67. The molecule has 0 aliphatic heterocycles. The van der Waals surface area contributed by atoms with Crippen LogP contribution in [0.15, 0.2) is 36.9 Å². The number of nitrogens with zero attached hydrogens (tertiary/aromatic N) is 1. The quantitative estimate of drug-likeness (QED) is 0.355. The molecule has 0 heterocycles. The standard InChI is InChI=1S/C12H13NO5/c1-2-7-18-12(15)11(14)8-9-3-5-10(6-4-9)13(16)17/h2-6,11,14H,1,7-8H2/t11-/m1/s1. The van der Waals surface area contributed by atoms with Gasteiger partial charge >= 0.3 is 5.97 Å². The van der Waals surface area contributed by atoms with Crippen molar-refractivity contribution >= 4 is 11.7 Å². The summed E-state index contributed by atoms with van der Waals surface area (Å²) in [4.78, 5) is 21.2. The Morgan fingerprint density at radius 3 is 2.61 bits per heavy atom. The average Bonchev–Trinajstić information content (AvgIpc) is 2.36. The zero-order valence-electron chi connectivity index (χ0n) is 9.61. The monoisotopic (exact) mass is 251 g/mol. The van der Waals surface area contributed by atoms with Gasteiger partial charge in [0.25, 0.3) is 5.69 Å². The Labute approximate surface area is 104 Å². The number of aliphatic hydroxyl groups excluding tert-OH is 1. The summed E-state index contributed by atoms with van der Waals surface area (Å²) in [5.41, 5.74) is 0.575. The van der Waals surface area contributed by atoms with Gasteiger partial charge in [-0.1, -0.05) is 24.8 Å². The molecule has 0 saturated heterocycles. The molecule has 0 spiro atoms. The van der Waals surface area contributed by atoms with Gasteiger partial charge in [-0.15, -0.1) is 0 Å². The first-order valence-corrected chi connectivity index (χ1v) is 5.23. The number of aliphatic hydroxyl groups is 1. The molecule has 0 amide bonds. The average molecular weight is 251 g/mol. The number of esters is 1. The number of non-ortho nitro benzene ring substituents is 1. The van der Waals surface area contributed by atoms with E-state index in [9.17, 15) is 20.0 Å². The Bertz CT molecular complexity index is 440. The smallest absolute Gasteiger partial charge is 0.335 e. The van der Waals surface area contributed by atoms with Crippen molar-refractivity contribution in [1.29, 1.82) is 0 Å². The number of hydrogen-bond acceptors (Lipinski definition) is 5. The van der Waals surface area contributed by atoms with Crippen LogP contribution in [0.5, 0.6) is 0 Å². The molecule has 0 saturated carbocycles. The molecule has 0 unspecified atom stereocenters. The number of hydrogen-bond donors (Lipinski definition) is 1. The molecule has 6 heteroatoms. The lowest BCUT2D eigenvalue weighted by molar-refractivity contribution is -0.384. The first-order valence-electron chi connectivity index (χ1n) is 5.23. The Morgan fingerprint density at radius 2 is 2.11 bits per heavy atom. The molecule has 1 aromatic rings. The summed E-state index contributed by atoms with van der Waals surface area (Å²) in [6.45, 7) is 3.42. The molecule has 0 radical (unpaired) electrons. The molecule has 0 aromatic heterocycles. The van der Waals surface area contributed by atoms with Crippen LogP contribution in [0, 0.1) is 10.1 Å². The SMILES string of the molecule is C=CCOC(=O)[C@H](O)Cc1ccc([N+](=O)[O-])cc1. The van der Waals surface area contributed by atoms with E-state index in [-0.39, 0.29) is 18.7 Å². The predicted octanol–water partition coefficient (Wildman–Crippen LogP) is 1.23. The van der Waals surface area contributed by atoms with Crippen molar-refractivity contribution < 1.29 is 19.6 Å². The molecule has 0 aliphatic rings. The summed E-state index contributed by atoms with van der Waals surface area (Å²) in [5.74, 6) is -0.742. The minimum absolute atomic E-state index is 0.0379. The van der Waals surface area contributed by atoms with Gasteiger partial charge in [-0.05, 0) is 5.56 Å². The molecule has 1 aromatic carbocycles. The normalized spacial score (nSPS) is 11.6. The van der Waals surface area contributed by atoms with Crippen LogP contribution in [-0.4, -0.2) is 28.7 Å². The zero-order valence-corrected chi connectivity index (χ0v) is 9.61. The summed E-state index contributed by atoms with van der Waals surface area (Å²) in [6, 6.07) is 5.61. The summed E-state index contributed by atoms with van der Waals surface area (Å²) in [6.07, 6.45) is 0.163. The van der Waals surface area contributed by atoms with Crippen molar-refractivity contribution in [3.63, 3.8) is 0 Å². The Balaban J connectivity index is 2.58. The van der Waals surface area contributed by atoms with Crippen molar-refractivity contribution in [3.8, 4) is 0 Å². The highest BCUT2D eigenvalue weighted by Crippen LogP contribution is 2.13. The third kappa shape index (κ3) is 3.99. The van der Waals surface area contributed by atoms with Crippen molar-refractivity contribution in [2.24, 2.45) is 0 Å². The van der Waals surface area contributed by atoms with E-state index in [1.165, 1.54) is 30.3 Å². The highest BCUT2D eigenvalue weighted by atomic mass is 16.6. The van der Waals surface area contributed by atoms with Gasteiger partial charge in [-0.2, -0.15) is 0 Å². The molecule has 0 aliphatic carbocycles.